The van der Waals surface area contributed by atoms with E-state index in [9.17, 15) is 10.1 Å². The van der Waals surface area contributed by atoms with Crippen molar-refractivity contribution in [3.63, 3.8) is 0 Å². The highest BCUT2D eigenvalue weighted by molar-refractivity contribution is 8.01. The molecule has 9 heteroatoms. The lowest BCUT2D eigenvalue weighted by Crippen LogP contribution is -2.38. The second kappa shape index (κ2) is 8.07. The maximum Gasteiger partial charge on any atom is 0.219 e. The van der Waals surface area contributed by atoms with E-state index in [1.165, 1.54) is 11.3 Å². The van der Waals surface area contributed by atoms with E-state index in [-0.39, 0.29) is 5.78 Å². The fourth-order valence-electron chi connectivity index (χ4n) is 3.62. The topological polar surface area (TPSA) is 95.9 Å². The first-order chi connectivity index (χ1) is 13.7. The number of aromatic nitrogens is 2. The number of anilines is 1. The number of hydrogen-bond donors (Lipinski definition) is 1. The lowest BCUT2D eigenvalue weighted by atomic mass is 9.76. The van der Waals surface area contributed by atoms with Crippen LogP contribution in [0.2, 0.25) is 0 Å². The van der Waals surface area contributed by atoms with Gasteiger partial charge in [0.2, 0.25) is 5.13 Å². The normalized spacial score (nSPS) is 19.8. The van der Waals surface area contributed by atoms with Crippen LogP contribution in [0.25, 0.3) is 0 Å². The van der Waals surface area contributed by atoms with Gasteiger partial charge in [0.15, 0.2) is 10.1 Å². The number of rotatable bonds is 5. The van der Waals surface area contributed by atoms with Crippen LogP contribution in [0.1, 0.15) is 44.1 Å². The highest BCUT2D eigenvalue weighted by atomic mass is 32.2. The molecule has 1 atom stereocenters. The van der Waals surface area contributed by atoms with Crippen LogP contribution in [-0.4, -0.2) is 21.7 Å². The van der Waals surface area contributed by atoms with Crippen molar-refractivity contribution in [3.8, 4) is 6.07 Å². The first-order valence-corrected chi connectivity index (χ1v) is 11.8. The van der Waals surface area contributed by atoms with Crippen LogP contribution in [-0.2, 0) is 4.79 Å². The van der Waals surface area contributed by atoms with Crippen molar-refractivity contribution in [2.45, 2.75) is 42.9 Å². The Morgan fingerprint density at radius 1 is 1.43 bits per heavy atom. The third kappa shape index (κ3) is 3.26. The number of Topliss-reactive ketones (excluding diaryl/α,β-unsaturated/α-hetero) is 1. The van der Waals surface area contributed by atoms with Crippen LogP contribution in [0.4, 0.5) is 5.13 Å². The summed E-state index contributed by atoms with van der Waals surface area (Å²) in [7, 11) is 0. The fourth-order valence-corrected chi connectivity index (χ4v) is 6.11. The largest absolute Gasteiger partial charge is 0.384 e. The Morgan fingerprint density at radius 3 is 3.00 bits per heavy atom. The SMILES string of the molecule is CCCSc1nnc(N2C(N)=C(C#N)C(c3ccsc3)C3=C2CCCC3=O)s1. The van der Waals surface area contributed by atoms with Crippen molar-refractivity contribution in [3.05, 3.63) is 45.1 Å². The number of allylic oxidation sites excluding steroid dienone is 3. The van der Waals surface area contributed by atoms with Crippen molar-refractivity contribution >= 4 is 45.4 Å². The van der Waals surface area contributed by atoms with Crippen LogP contribution >= 0.6 is 34.4 Å². The Kier molecular flexibility index (Phi) is 5.53. The number of carbonyl (C=O) groups is 1. The summed E-state index contributed by atoms with van der Waals surface area (Å²) in [5, 5.41) is 23.1. The van der Waals surface area contributed by atoms with Gasteiger partial charge in [-0.1, -0.05) is 30.0 Å². The Morgan fingerprint density at radius 2 is 2.29 bits per heavy atom. The smallest absolute Gasteiger partial charge is 0.219 e. The Hall–Kier alpha value is -2.15. The van der Waals surface area contributed by atoms with E-state index in [0.717, 1.165) is 40.6 Å². The second-order valence-corrected chi connectivity index (χ2v) is 9.65. The van der Waals surface area contributed by atoms with E-state index >= 15 is 0 Å². The first-order valence-electron chi connectivity index (χ1n) is 9.10. The first kappa shape index (κ1) is 19.2. The highest BCUT2D eigenvalue weighted by Crippen LogP contribution is 2.47. The maximum absolute atomic E-state index is 12.9. The minimum absolute atomic E-state index is 0.0906. The minimum atomic E-state index is -0.392. The van der Waals surface area contributed by atoms with Gasteiger partial charge in [0.25, 0.3) is 0 Å². The Balaban J connectivity index is 1.85. The molecule has 0 bridgehead atoms. The quantitative estimate of drug-likeness (QED) is 0.703. The zero-order valence-corrected chi connectivity index (χ0v) is 17.8. The molecule has 144 valence electrons. The molecule has 2 N–H and O–H groups in total. The number of hydrogen-bond acceptors (Lipinski definition) is 9. The standard InChI is InChI=1S/C19H19N5OS3/c1-2-7-27-19-23-22-18(28-19)24-13-4-3-5-14(25)16(13)15(11-6-8-26-10-11)12(9-20)17(24)21/h6,8,10,15H,2-5,7,21H2,1H3. The van der Waals surface area contributed by atoms with Crippen molar-refractivity contribution in [2.75, 3.05) is 10.7 Å². The van der Waals surface area contributed by atoms with E-state index in [1.54, 1.807) is 28.0 Å². The van der Waals surface area contributed by atoms with Crippen molar-refractivity contribution < 1.29 is 4.79 Å². The molecule has 2 aliphatic rings. The highest BCUT2D eigenvalue weighted by Gasteiger charge is 2.41. The molecule has 28 heavy (non-hydrogen) atoms. The number of nitrogens with zero attached hydrogens (tertiary/aromatic N) is 4. The van der Waals surface area contributed by atoms with E-state index in [0.29, 0.717) is 28.5 Å². The molecule has 1 aliphatic carbocycles. The molecular weight excluding hydrogens is 410 g/mol. The van der Waals surface area contributed by atoms with Crippen LogP contribution < -0.4 is 10.6 Å². The van der Waals surface area contributed by atoms with Gasteiger partial charge in [-0.25, -0.2) is 0 Å². The van der Waals surface area contributed by atoms with Gasteiger partial charge in [0.05, 0.1) is 17.6 Å². The predicted molar refractivity (Wildman–Crippen MR) is 113 cm³/mol. The average Bonchev–Trinajstić information content (AvgIpc) is 3.38. The monoisotopic (exact) mass is 429 g/mol. The molecule has 0 aromatic carbocycles. The third-order valence-electron chi connectivity index (χ3n) is 4.81. The lowest BCUT2D eigenvalue weighted by molar-refractivity contribution is -0.116. The number of ketones is 1. The van der Waals surface area contributed by atoms with E-state index in [2.05, 4.69) is 23.2 Å². The summed E-state index contributed by atoms with van der Waals surface area (Å²) in [6.45, 7) is 2.12. The van der Waals surface area contributed by atoms with Gasteiger partial charge in [-0.05, 0) is 41.7 Å². The van der Waals surface area contributed by atoms with E-state index in [1.807, 2.05) is 16.8 Å². The van der Waals surface area contributed by atoms with Gasteiger partial charge in [0, 0.05) is 23.4 Å². The number of thiophene rings is 1. The van der Waals surface area contributed by atoms with E-state index < -0.39 is 5.92 Å². The van der Waals surface area contributed by atoms with Crippen LogP contribution in [0.5, 0.6) is 0 Å². The predicted octanol–water partition coefficient (Wildman–Crippen LogP) is 4.41. The Labute approximate surface area is 175 Å². The molecule has 1 aliphatic heterocycles. The molecular formula is C19H19N5OS3. The number of nitrogens with two attached hydrogens (primary N) is 1. The molecule has 3 heterocycles. The molecule has 2 aromatic rings. The molecule has 0 fully saturated rings. The molecule has 0 saturated heterocycles. The molecule has 0 radical (unpaired) electrons. The van der Waals surface area contributed by atoms with Gasteiger partial charge < -0.3 is 5.73 Å². The summed E-state index contributed by atoms with van der Waals surface area (Å²) in [5.41, 5.74) is 9.41. The summed E-state index contributed by atoms with van der Waals surface area (Å²) >= 11 is 4.66. The molecule has 0 saturated carbocycles. The molecule has 0 spiro atoms. The molecule has 1 unspecified atom stereocenters. The van der Waals surface area contributed by atoms with Crippen LogP contribution in [0.3, 0.4) is 0 Å². The van der Waals surface area contributed by atoms with Crippen molar-refractivity contribution in [1.82, 2.24) is 10.2 Å². The summed E-state index contributed by atoms with van der Waals surface area (Å²) < 4.78 is 0.868. The number of nitriles is 1. The zero-order chi connectivity index (χ0) is 19.7. The number of thioether (sulfide) groups is 1. The van der Waals surface area contributed by atoms with E-state index in [4.69, 9.17) is 5.73 Å². The molecule has 0 amide bonds. The average molecular weight is 430 g/mol. The Bertz CT molecular complexity index is 999. The zero-order valence-electron chi connectivity index (χ0n) is 15.3. The molecule has 4 rings (SSSR count). The second-order valence-electron chi connectivity index (χ2n) is 6.57. The lowest BCUT2D eigenvalue weighted by Gasteiger charge is -2.37. The summed E-state index contributed by atoms with van der Waals surface area (Å²) in [6.07, 6.45) is 3.06. The summed E-state index contributed by atoms with van der Waals surface area (Å²) in [5.74, 6) is 1.02. The van der Waals surface area contributed by atoms with Gasteiger partial charge >= 0.3 is 0 Å². The number of carbonyl (C=O) groups excluding carboxylic acids is 1. The van der Waals surface area contributed by atoms with Gasteiger partial charge in [-0.3, -0.25) is 9.69 Å². The summed E-state index contributed by atoms with van der Waals surface area (Å²) in [4.78, 5) is 14.7. The molecule has 2 aromatic heterocycles. The van der Waals surface area contributed by atoms with Crippen molar-refractivity contribution in [2.24, 2.45) is 5.73 Å². The van der Waals surface area contributed by atoms with Crippen LogP contribution in [0.15, 0.2) is 43.8 Å². The third-order valence-corrected chi connectivity index (χ3v) is 7.76. The molecule has 6 nitrogen and oxygen atoms in total. The summed E-state index contributed by atoms with van der Waals surface area (Å²) in [6, 6.07) is 4.23. The maximum atomic E-state index is 12.9. The van der Waals surface area contributed by atoms with Gasteiger partial charge in [0.1, 0.15) is 5.82 Å². The minimum Gasteiger partial charge on any atom is -0.384 e. The van der Waals surface area contributed by atoms with Gasteiger partial charge in [-0.15, -0.1) is 10.2 Å². The fraction of sp³-hybridized carbons (Fsp3) is 0.368. The van der Waals surface area contributed by atoms with Crippen LogP contribution in [0, 0.1) is 11.3 Å². The van der Waals surface area contributed by atoms with Crippen molar-refractivity contribution in [1.29, 1.82) is 5.26 Å². The van der Waals surface area contributed by atoms with Gasteiger partial charge in [-0.2, -0.15) is 16.6 Å².